The molecule has 0 fully saturated rings. The number of alkyl halides is 9. The SMILES string of the molecule is COc1ccc(C(/C=C(\F)c2ccc(C(=O)NCC(=O)NCC(F)(F)F)c(C(F)(F)F)c2)C(F)(F)F)cc1Cl. The smallest absolute Gasteiger partial charge is 0.417 e. The molecule has 0 aliphatic carbocycles. The topological polar surface area (TPSA) is 67.4 Å². The van der Waals surface area contributed by atoms with Crippen molar-refractivity contribution in [2.75, 3.05) is 20.2 Å². The van der Waals surface area contributed by atoms with Crippen molar-refractivity contribution in [1.29, 1.82) is 0 Å². The molecule has 0 radical (unpaired) electrons. The summed E-state index contributed by atoms with van der Waals surface area (Å²) in [6.07, 6.45) is -15.2. The molecule has 0 aliphatic heterocycles. The highest BCUT2D eigenvalue weighted by atomic mass is 35.5. The molecule has 1 unspecified atom stereocenters. The maximum atomic E-state index is 14.9. The normalized spacial score (nSPS) is 13.6. The average Bonchev–Trinajstić information content (AvgIpc) is 2.82. The van der Waals surface area contributed by atoms with Crippen LogP contribution in [0.1, 0.15) is 33.0 Å². The van der Waals surface area contributed by atoms with Crippen LogP contribution in [-0.4, -0.2) is 44.4 Å². The second-order valence-electron chi connectivity index (χ2n) is 7.76. The van der Waals surface area contributed by atoms with E-state index >= 15 is 0 Å². The summed E-state index contributed by atoms with van der Waals surface area (Å²) >= 11 is 5.83. The monoisotopic (exact) mass is 594 g/mol. The highest BCUT2D eigenvalue weighted by Crippen LogP contribution is 2.41. The van der Waals surface area contributed by atoms with Gasteiger partial charge >= 0.3 is 18.5 Å². The number of benzene rings is 2. The Bertz CT molecular complexity index is 1240. The zero-order valence-electron chi connectivity index (χ0n) is 19.4. The fourth-order valence-electron chi connectivity index (χ4n) is 3.14. The number of hydrogen-bond donors (Lipinski definition) is 2. The summed E-state index contributed by atoms with van der Waals surface area (Å²) in [4.78, 5) is 23.6. The van der Waals surface area contributed by atoms with Gasteiger partial charge in [-0.15, -0.1) is 0 Å². The number of ether oxygens (including phenoxy) is 1. The predicted octanol–water partition coefficient (Wildman–Crippen LogP) is 6.43. The van der Waals surface area contributed by atoms with Crippen molar-refractivity contribution < 1.29 is 58.2 Å². The summed E-state index contributed by atoms with van der Waals surface area (Å²) in [6.45, 7) is -2.88. The van der Waals surface area contributed by atoms with Gasteiger partial charge in [0.2, 0.25) is 5.91 Å². The van der Waals surface area contributed by atoms with Gasteiger partial charge < -0.3 is 15.4 Å². The zero-order valence-corrected chi connectivity index (χ0v) is 20.2. The predicted molar refractivity (Wildman–Crippen MR) is 119 cm³/mol. The molecular weight excluding hydrogens is 578 g/mol. The van der Waals surface area contributed by atoms with Crippen molar-refractivity contribution in [3.05, 3.63) is 69.8 Å². The van der Waals surface area contributed by atoms with Crippen LogP contribution in [0.3, 0.4) is 0 Å². The summed E-state index contributed by atoms with van der Waals surface area (Å²) in [7, 11) is 1.20. The minimum atomic E-state index is -5.31. The van der Waals surface area contributed by atoms with Crippen molar-refractivity contribution in [1.82, 2.24) is 10.6 Å². The molecule has 0 saturated heterocycles. The van der Waals surface area contributed by atoms with E-state index in [1.165, 1.54) is 12.4 Å². The molecule has 214 valence electrons. The van der Waals surface area contributed by atoms with Gasteiger partial charge in [-0.3, -0.25) is 9.59 Å². The lowest BCUT2D eigenvalue weighted by molar-refractivity contribution is -0.140. The molecule has 2 rings (SSSR count). The van der Waals surface area contributed by atoms with E-state index in [1.54, 1.807) is 5.32 Å². The van der Waals surface area contributed by atoms with Gasteiger partial charge in [-0.1, -0.05) is 23.7 Å². The van der Waals surface area contributed by atoms with Crippen molar-refractivity contribution >= 4 is 29.2 Å². The summed E-state index contributed by atoms with van der Waals surface area (Å²) in [5.74, 6) is -7.24. The molecule has 2 aromatic carbocycles. The molecule has 0 aliphatic rings. The maximum Gasteiger partial charge on any atom is 0.417 e. The summed E-state index contributed by atoms with van der Waals surface area (Å²) in [5, 5.41) is 2.84. The third kappa shape index (κ3) is 9.04. The minimum absolute atomic E-state index is 0.0207. The van der Waals surface area contributed by atoms with Gasteiger partial charge in [0.15, 0.2) is 0 Å². The molecule has 0 saturated carbocycles. The first kappa shape index (κ1) is 31.7. The van der Waals surface area contributed by atoms with E-state index < -0.39 is 77.4 Å². The number of methoxy groups -OCH3 is 1. The summed E-state index contributed by atoms with van der Waals surface area (Å²) in [5.41, 5.74) is -4.43. The number of nitrogens with one attached hydrogen (secondary N) is 2. The standard InChI is InChI=1S/C23H17ClF10N2O3/c1-39-18-5-3-11(7-16(18)24)14(22(29,30)31)8-17(25)12-2-4-13(15(6-12)23(32,33)34)20(38)35-9-19(37)36-10-21(26,27)28/h2-8,14H,9-10H2,1H3,(H,35,38)(H,36,37)/b17-8-. The van der Waals surface area contributed by atoms with Crippen molar-refractivity contribution in [2.24, 2.45) is 0 Å². The quantitative estimate of drug-likeness (QED) is 0.346. The number of amides is 2. The van der Waals surface area contributed by atoms with Crippen LogP contribution in [0.25, 0.3) is 5.83 Å². The van der Waals surface area contributed by atoms with Gasteiger partial charge in [0, 0.05) is 5.56 Å². The lowest BCUT2D eigenvalue weighted by Crippen LogP contribution is -2.41. The molecule has 0 heterocycles. The van der Waals surface area contributed by atoms with E-state index in [1.807, 2.05) is 0 Å². The highest BCUT2D eigenvalue weighted by Gasteiger charge is 2.41. The fraction of sp³-hybridized carbons (Fsp3) is 0.304. The Morgan fingerprint density at radius 2 is 1.62 bits per heavy atom. The Balaban J connectivity index is 2.38. The van der Waals surface area contributed by atoms with Gasteiger partial charge in [0.1, 0.15) is 24.0 Å². The molecule has 2 amide bonds. The highest BCUT2D eigenvalue weighted by molar-refractivity contribution is 6.32. The van der Waals surface area contributed by atoms with Gasteiger partial charge in [-0.2, -0.15) is 39.5 Å². The van der Waals surface area contributed by atoms with Crippen LogP contribution < -0.4 is 15.4 Å². The second kappa shape index (κ2) is 12.1. The lowest BCUT2D eigenvalue weighted by Gasteiger charge is -2.19. The van der Waals surface area contributed by atoms with Crippen LogP contribution in [0, 0.1) is 0 Å². The molecule has 5 nitrogen and oxygen atoms in total. The van der Waals surface area contributed by atoms with Crippen molar-refractivity contribution in [2.45, 2.75) is 24.4 Å². The van der Waals surface area contributed by atoms with E-state index in [2.05, 4.69) is 0 Å². The zero-order chi connectivity index (χ0) is 29.8. The number of carbonyl (C=O) groups excluding carboxylic acids is 2. The van der Waals surface area contributed by atoms with Crippen LogP contribution >= 0.6 is 11.6 Å². The molecule has 2 N–H and O–H groups in total. The van der Waals surface area contributed by atoms with Gasteiger partial charge in [-0.25, -0.2) is 4.39 Å². The molecule has 0 spiro atoms. The van der Waals surface area contributed by atoms with Crippen LogP contribution in [0.4, 0.5) is 43.9 Å². The number of hydrogen-bond acceptors (Lipinski definition) is 3. The molecule has 16 heteroatoms. The molecular formula is C23H17ClF10N2O3. The Kier molecular flexibility index (Phi) is 9.87. The van der Waals surface area contributed by atoms with E-state index in [0.717, 1.165) is 18.2 Å². The largest absolute Gasteiger partial charge is 0.495 e. The van der Waals surface area contributed by atoms with Crippen molar-refractivity contribution in [3.63, 3.8) is 0 Å². The third-order valence-corrected chi connectivity index (χ3v) is 5.24. The molecule has 0 bridgehead atoms. The molecule has 1 atom stereocenters. The number of carbonyl (C=O) groups is 2. The van der Waals surface area contributed by atoms with E-state index in [9.17, 15) is 53.5 Å². The molecule has 2 aromatic rings. The summed E-state index contributed by atoms with van der Waals surface area (Å²) < 4.78 is 138. The van der Waals surface area contributed by atoms with Gasteiger partial charge in [0.25, 0.3) is 5.91 Å². The Labute approximate surface area is 218 Å². The first-order valence-corrected chi connectivity index (χ1v) is 10.8. The first-order valence-electron chi connectivity index (χ1n) is 10.4. The molecule has 39 heavy (non-hydrogen) atoms. The van der Waals surface area contributed by atoms with Crippen LogP contribution in [0.2, 0.25) is 5.02 Å². The lowest BCUT2D eigenvalue weighted by atomic mass is 9.95. The third-order valence-electron chi connectivity index (χ3n) is 4.94. The molecule has 0 aromatic heterocycles. The van der Waals surface area contributed by atoms with Crippen LogP contribution in [0.5, 0.6) is 5.75 Å². The second-order valence-corrected chi connectivity index (χ2v) is 8.17. The fourth-order valence-corrected chi connectivity index (χ4v) is 3.41. The summed E-state index contributed by atoms with van der Waals surface area (Å²) in [6, 6.07) is 3.99. The number of allylic oxidation sites excluding steroid dienone is 1. The Morgan fingerprint density at radius 1 is 0.974 bits per heavy atom. The minimum Gasteiger partial charge on any atom is -0.495 e. The van der Waals surface area contributed by atoms with Gasteiger partial charge in [-0.05, 0) is 35.9 Å². The van der Waals surface area contributed by atoms with Crippen LogP contribution in [-0.2, 0) is 11.0 Å². The van der Waals surface area contributed by atoms with Crippen molar-refractivity contribution in [3.8, 4) is 5.75 Å². The van der Waals surface area contributed by atoms with Gasteiger partial charge in [0.05, 0.1) is 29.8 Å². The Morgan fingerprint density at radius 3 is 2.13 bits per heavy atom. The number of halogens is 11. The van der Waals surface area contributed by atoms with E-state index in [4.69, 9.17) is 16.3 Å². The van der Waals surface area contributed by atoms with Crippen LogP contribution in [0.15, 0.2) is 42.5 Å². The first-order chi connectivity index (χ1) is 17.8. The number of rotatable bonds is 8. The maximum absolute atomic E-state index is 14.9. The average molecular weight is 595 g/mol. The van der Waals surface area contributed by atoms with E-state index in [0.29, 0.717) is 12.1 Å². The van der Waals surface area contributed by atoms with E-state index in [-0.39, 0.29) is 22.9 Å². The Hall–Kier alpha value is -3.49.